The summed E-state index contributed by atoms with van der Waals surface area (Å²) in [6.45, 7) is 0. The fourth-order valence-corrected chi connectivity index (χ4v) is 4.12. The largest absolute Gasteiger partial charge is 0.416 e. The first-order valence-electron chi connectivity index (χ1n) is 10.2. The quantitative estimate of drug-likeness (QED) is 0.366. The van der Waals surface area contributed by atoms with Crippen molar-refractivity contribution in [2.45, 2.75) is 43.3 Å². The molecule has 3 aromatic carbocycles. The van der Waals surface area contributed by atoms with Crippen LogP contribution in [0, 0.1) is 0 Å². The van der Waals surface area contributed by atoms with Crippen LogP contribution in [0.3, 0.4) is 0 Å². The Morgan fingerprint density at radius 2 is 0.938 bits per heavy atom. The third-order valence-electron chi connectivity index (χ3n) is 5.82. The topological polar surface area (TPSA) is 9.23 Å². The molecule has 0 spiro atoms. The molecule has 1 aliphatic heterocycles. The Hall–Kier alpha value is -2.80. The number of alkyl halides is 6. The Kier molecular flexibility index (Phi) is 6.03. The number of rotatable bonds is 3. The first-order chi connectivity index (χ1) is 15.1. The maximum Gasteiger partial charge on any atom is 0.416 e. The van der Waals surface area contributed by atoms with Gasteiger partial charge in [-0.1, -0.05) is 54.6 Å². The molecule has 0 saturated carbocycles. The van der Waals surface area contributed by atoms with Gasteiger partial charge in [0.1, 0.15) is 0 Å². The Bertz CT molecular complexity index is 958. The minimum atomic E-state index is -4.43. The monoisotopic (exact) mass is 450 g/mol. The smallest absolute Gasteiger partial charge is 0.366 e. The van der Waals surface area contributed by atoms with Gasteiger partial charge in [0.15, 0.2) is 0 Å². The standard InChI is InChI=1S/C25H20F6O/c26-24(27,28)20-10-6-17(7-11-20)22-14-19(16-4-2-1-3-5-16)15-23(32-22)18-8-12-21(13-9-18)25(29,30)31/h1-13,19,22-23H,14-15H2/t19?,22-,23+. The summed E-state index contributed by atoms with van der Waals surface area (Å²) in [6, 6.07) is 19.4. The van der Waals surface area contributed by atoms with Crippen molar-refractivity contribution in [1.82, 2.24) is 0 Å². The van der Waals surface area contributed by atoms with Crippen molar-refractivity contribution in [2.75, 3.05) is 0 Å². The summed E-state index contributed by atoms with van der Waals surface area (Å²) in [6.07, 6.45) is -8.70. The van der Waals surface area contributed by atoms with E-state index in [9.17, 15) is 26.3 Å². The molecule has 1 nitrogen and oxygen atoms in total. The summed E-state index contributed by atoms with van der Waals surface area (Å²) in [7, 11) is 0. The first-order valence-corrected chi connectivity index (χ1v) is 10.2. The molecule has 1 heterocycles. The normalized spacial score (nSPS) is 22.0. The van der Waals surface area contributed by atoms with E-state index in [1.54, 1.807) is 0 Å². The molecule has 1 unspecified atom stereocenters. The highest BCUT2D eigenvalue weighted by atomic mass is 19.4. The van der Waals surface area contributed by atoms with Crippen molar-refractivity contribution < 1.29 is 31.1 Å². The van der Waals surface area contributed by atoms with Crippen LogP contribution in [0.5, 0.6) is 0 Å². The number of hydrogen-bond donors (Lipinski definition) is 0. The summed E-state index contributed by atoms with van der Waals surface area (Å²) in [5.74, 6) is 0.0459. The number of hydrogen-bond acceptors (Lipinski definition) is 1. The third kappa shape index (κ3) is 4.99. The molecule has 0 bridgehead atoms. The third-order valence-corrected chi connectivity index (χ3v) is 5.82. The summed E-state index contributed by atoms with van der Waals surface area (Å²) in [5, 5.41) is 0. The van der Waals surface area contributed by atoms with Gasteiger partial charge in [-0.05, 0) is 59.7 Å². The van der Waals surface area contributed by atoms with Crippen LogP contribution in [0.4, 0.5) is 26.3 Å². The predicted octanol–water partition coefficient (Wildman–Crippen LogP) is 8.10. The number of ether oxygens (including phenoxy) is 1. The second-order valence-corrected chi connectivity index (χ2v) is 7.93. The summed E-state index contributed by atoms with van der Waals surface area (Å²) < 4.78 is 83.8. The summed E-state index contributed by atoms with van der Waals surface area (Å²) >= 11 is 0. The van der Waals surface area contributed by atoms with Gasteiger partial charge in [0.25, 0.3) is 0 Å². The van der Waals surface area contributed by atoms with Gasteiger partial charge in [0.2, 0.25) is 0 Å². The van der Waals surface area contributed by atoms with Gasteiger partial charge in [-0.25, -0.2) is 0 Å². The second kappa shape index (κ2) is 8.62. The average molecular weight is 450 g/mol. The van der Waals surface area contributed by atoms with Crippen LogP contribution in [0.2, 0.25) is 0 Å². The van der Waals surface area contributed by atoms with Gasteiger partial charge < -0.3 is 4.74 Å². The van der Waals surface area contributed by atoms with Crippen LogP contribution < -0.4 is 0 Å². The van der Waals surface area contributed by atoms with E-state index in [2.05, 4.69) is 0 Å². The van der Waals surface area contributed by atoms with E-state index in [4.69, 9.17) is 4.74 Å². The zero-order valence-corrected chi connectivity index (χ0v) is 16.8. The van der Waals surface area contributed by atoms with E-state index < -0.39 is 35.7 Å². The van der Waals surface area contributed by atoms with Gasteiger partial charge in [0, 0.05) is 0 Å². The lowest BCUT2D eigenvalue weighted by Crippen LogP contribution is -2.22. The Labute approximate surface area is 181 Å². The molecule has 1 aliphatic rings. The first kappa shape index (κ1) is 22.4. The van der Waals surface area contributed by atoms with Gasteiger partial charge in [-0.3, -0.25) is 0 Å². The highest BCUT2D eigenvalue weighted by molar-refractivity contribution is 5.31. The molecule has 32 heavy (non-hydrogen) atoms. The molecule has 0 radical (unpaired) electrons. The van der Waals surface area contributed by atoms with Crippen molar-refractivity contribution in [2.24, 2.45) is 0 Å². The van der Waals surface area contributed by atoms with Crippen LogP contribution in [0.25, 0.3) is 0 Å². The lowest BCUT2D eigenvalue weighted by atomic mass is 9.82. The maximum atomic E-state index is 12.9. The predicted molar refractivity (Wildman–Crippen MR) is 108 cm³/mol. The van der Waals surface area contributed by atoms with E-state index in [1.807, 2.05) is 30.3 Å². The van der Waals surface area contributed by atoms with Crippen LogP contribution in [0.15, 0.2) is 78.9 Å². The zero-order valence-electron chi connectivity index (χ0n) is 16.8. The van der Waals surface area contributed by atoms with Crippen molar-refractivity contribution >= 4 is 0 Å². The lowest BCUT2D eigenvalue weighted by Gasteiger charge is -2.36. The molecule has 168 valence electrons. The zero-order chi connectivity index (χ0) is 22.9. The molecule has 0 amide bonds. The number of halogens is 6. The van der Waals surface area contributed by atoms with Crippen molar-refractivity contribution in [1.29, 1.82) is 0 Å². The molecule has 3 aromatic rings. The van der Waals surface area contributed by atoms with E-state index in [0.717, 1.165) is 29.8 Å². The van der Waals surface area contributed by atoms with Crippen molar-refractivity contribution in [3.63, 3.8) is 0 Å². The van der Waals surface area contributed by atoms with Gasteiger partial charge in [-0.2, -0.15) is 26.3 Å². The second-order valence-electron chi connectivity index (χ2n) is 7.93. The maximum absolute atomic E-state index is 12.9. The summed E-state index contributed by atoms with van der Waals surface area (Å²) in [4.78, 5) is 0. The van der Waals surface area contributed by atoms with Crippen molar-refractivity contribution in [3.05, 3.63) is 107 Å². The molecule has 0 aromatic heterocycles. The molecular formula is C25H20F6O. The van der Waals surface area contributed by atoms with Crippen molar-refractivity contribution in [3.8, 4) is 0 Å². The van der Waals surface area contributed by atoms with Crippen LogP contribution >= 0.6 is 0 Å². The molecule has 4 rings (SSSR count). The van der Waals surface area contributed by atoms with Gasteiger partial charge >= 0.3 is 12.4 Å². The molecule has 7 heteroatoms. The van der Waals surface area contributed by atoms with E-state index in [0.29, 0.717) is 24.0 Å². The minimum absolute atomic E-state index is 0.0459. The van der Waals surface area contributed by atoms with E-state index >= 15 is 0 Å². The van der Waals surface area contributed by atoms with Crippen LogP contribution in [0.1, 0.15) is 58.8 Å². The van der Waals surface area contributed by atoms with E-state index in [-0.39, 0.29) is 5.92 Å². The molecule has 1 saturated heterocycles. The SMILES string of the molecule is FC(F)(F)c1ccc([C@@H]2CC(c3ccccc3)C[C@H](c3ccc(C(F)(F)F)cc3)O2)cc1. The Balaban J connectivity index is 1.64. The molecule has 3 atom stereocenters. The molecular weight excluding hydrogens is 430 g/mol. The molecule has 0 aliphatic carbocycles. The van der Waals surface area contributed by atoms with Gasteiger partial charge in [-0.15, -0.1) is 0 Å². The Morgan fingerprint density at radius 3 is 1.31 bits per heavy atom. The highest BCUT2D eigenvalue weighted by Gasteiger charge is 2.35. The average Bonchev–Trinajstić information content (AvgIpc) is 2.78. The van der Waals surface area contributed by atoms with Crippen LogP contribution in [-0.2, 0) is 17.1 Å². The molecule has 0 N–H and O–H groups in total. The lowest BCUT2D eigenvalue weighted by molar-refractivity contribution is -0.138. The Morgan fingerprint density at radius 1 is 0.531 bits per heavy atom. The molecule has 1 fully saturated rings. The highest BCUT2D eigenvalue weighted by Crippen LogP contribution is 2.46. The van der Waals surface area contributed by atoms with Crippen LogP contribution in [-0.4, -0.2) is 0 Å². The van der Waals surface area contributed by atoms with Gasteiger partial charge in [0.05, 0.1) is 23.3 Å². The minimum Gasteiger partial charge on any atom is -0.366 e. The number of benzene rings is 3. The fraction of sp³-hybridized carbons (Fsp3) is 0.280. The summed E-state index contributed by atoms with van der Waals surface area (Å²) in [5.41, 5.74) is 0.794. The van der Waals surface area contributed by atoms with E-state index in [1.165, 1.54) is 24.3 Å². The fourth-order valence-electron chi connectivity index (χ4n) is 4.12.